The first-order valence-electron chi connectivity index (χ1n) is 8.81. The third-order valence-electron chi connectivity index (χ3n) is 5.04. The van der Waals surface area contributed by atoms with E-state index < -0.39 is 0 Å². The molecule has 2 saturated carbocycles. The molecule has 0 bridgehead atoms. The summed E-state index contributed by atoms with van der Waals surface area (Å²) in [6.45, 7) is 0. The Bertz CT molecular complexity index is 410. The van der Waals surface area contributed by atoms with Gasteiger partial charge in [-0.25, -0.2) is 0 Å². The van der Waals surface area contributed by atoms with Crippen LogP contribution >= 0.6 is 0 Å². The largest absolute Gasteiger partial charge is 0.291 e. The summed E-state index contributed by atoms with van der Waals surface area (Å²) in [5, 5.41) is 7.44. The van der Waals surface area contributed by atoms with E-state index in [-0.39, 0.29) is 0 Å². The molecular weight excluding hydrogens is 256 g/mol. The Morgan fingerprint density at radius 1 is 0.762 bits per heavy atom. The highest BCUT2D eigenvalue weighted by molar-refractivity contribution is 5.79. The van der Waals surface area contributed by atoms with E-state index in [0.29, 0.717) is 12.1 Å². The number of rotatable bonds is 4. The van der Waals surface area contributed by atoms with Crippen LogP contribution in [0.4, 0.5) is 0 Å². The van der Waals surface area contributed by atoms with E-state index >= 15 is 0 Å². The van der Waals surface area contributed by atoms with Gasteiger partial charge in [-0.3, -0.25) is 5.01 Å². The summed E-state index contributed by atoms with van der Waals surface area (Å²) in [5.41, 5.74) is 1.22. The van der Waals surface area contributed by atoms with Gasteiger partial charge in [0.15, 0.2) is 0 Å². The minimum absolute atomic E-state index is 0.682. The smallest absolute Gasteiger partial charge is 0.0543 e. The fraction of sp³-hybridized carbons (Fsp3) is 0.632. The van der Waals surface area contributed by atoms with Crippen molar-refractivity contribution in [2.24, 2.45) is 5.10 Å². The fourth-order valence-electron chi connectivity index (χ4n) is 3.85. The quantitative estimate of drug-likeness (QED) is 0.562. The molecule has 0 saturated heterocycles. The van der Waals surface area contributed by atoms with E-state index in [1.54, 1.807) is 0 Å². The summed E-state index contributed by atoms with van der Waals surface area (Å²) in [6.07, 6.45) is 15.8. The van der Waals surface area contributed by atoms with E-state index in [2.05, 4.69) is 41.6 Å². The molecule has 0 aliphatic heterocycles. The predicted octanol–water partition coefficient (Wildman–Crippen LogP) is 4.99. The van der Waals surface area contributed by atoms with E-state index in [4.69, 9.17) is 5.10 Å². The molecule has 2 fully saturated rings. The number of hydrogen-bond donors (Lipinski definition) is 0. The standard InChI is InChI=1S/C19H28N2/c1-4-10-17(11-5-1)16-20-21(18-12-6-2-7-13-18)19-14-8-3-9-15-19/h1,4-5,10-11,16,18-19H,2-3,6-9,12-15H2/b20-16+. The number of benzene rings is 1. The molecule has 0 heterocycles. The zero-order chi connectivity index (χ0) is 14.3. The summed E-state index contributed by atoms with van der Waals surface area (Å²) in [7, 11) is 0. The Morgan fingerprint density at radius 2 is 1.29 bits per heavy atom. The summed E-state index contributed by atoms with van der Waals surface area (Å²) in [6, 6.07) is 11.9. The van der Waals surface area contributed by atoms with Gasteiger partial charge in [-0.05, 0) is 31.2 Å². The number of nitrogens with zero attached hydrogens (tertiary/aromatic N) is 2. The van der Waals surface area contributed by atoms with Gasteiger partial charge in [-0.2, -0.15) is 5.10 Å². The lowest BCUT2D eigenvalue weighted by Gasteiger charge is -2.39. The molecule has 2 nitrogen and oxygen atoms in total. The molecule has 1 aromatic carbocycles. The molecule has 1 aromatic rings. The Kier molecular flexibility index (Phi) is 5.31. The van der Waals surface area contributed by atoms with Crippen molar-refractivity contribution in [3.8, 4) is 0 Å². The van der Waals surface area contributed by atoms with Gasteiger partial charge in [0.25, 0.3) is 0 Å². The average Bonchev–Trinajstić information content (AvgIpc) is 2.58. The van der Waals surface area contributed by atoms with Gasteiger partial charge in [-0.1, -0.05) is 68.9 Å². The van der Waals surface area contributed by atoms with E-state index in [0.717, 1.165) is 0 Å². The third kappa shape index (κ3) is 4.09. The SMILES string of the molecule is C(=N\N(C1CCCCC1)C1CCCCC1)/c1ccccc1. The molecule has 2 aliphatic rings. The van der Waals surface area contributed by atoms with Crippen LogP contribution in [0.25, 0.3) is 0 Å². The molecule has 2 heteroatoms. The van der Waals surface area contributed by atoms with Crippen LogP contribution in [0, 0.1) is 0 Å². The molecule has 0 N–H and O–H groups in total. The third-order valence-corrected chi connectivity index (χ3v) is 5.04. The highest BCUT2D eigenvalue weighted by Crippen LogP contribution is 2.30. The average molecular weight is 284 g/mol. The van der Waals surface area contributed by atoms with Crippen LogP contribution in [0.2, 0.25) is 0 Å². The molecule has 2 aliphatic carbocycles. The van der Waals surface area contributed by atoms with Crippen LogP contribution in [-0.4, -0.2) is 23.3 Å². The maximum Gasteiger partial charge on any atom is 0.0543 e. The fourth-order valence-corrected chi connectivity index (χ4v) is 3.85. The lowest BCUT2D eigenvalue weighted by Crippen LogP contribution is -2.41. The van der Waals surface area contributed by atoms with E-state index in [1.807, 2.05) is 0 Å². The molecule has 0 radical (unpaired) electrons. The van der Waals surface area contributed by atoms with Crippen LogP contribution in [-0.2, 0) is 0 Å². The van der Waals surface area contributed by atoms with Crippen LogP contribution in [0.3, 0.4) is 0 Å². The van der Waals surface area contributed by atoms with Gasteiger partial charge in [0, 0.05) is 12.1 Å². The second-order valence-corrected chi connectivity index (χ2v) is 6.62. The van der Waals surface area contributed by atoms with Crippen molar-refractivity contribution in [2.45, 2.75) is 76.3 Å². The Hall–Kier alpha value is -1.31. The summed E-state index contributed by atoms with van der Waals surface area (Å²) in [4.78, 5) is 0. The first kappa shape index (κ1) is 14.6. The maximum atomic E-state index is 4.95. The molecular formula is C19H28N2. The van der Waals surface area contributed by atoms with E-state index in [9.17, 15) is 0 Å². The van der Waals surface area contributed by atoms with Crippen molar-refractivity contribution < 1.29 is 0 Å². The molecule has 114 valence electrons. The zero-order valence-corrected chi connectivity index (χ0v) is 13.1. The van der Waals surface area contributed by atoms with Crippen molar-refractivity contribution in [2.75, 3.05) is 0 Å². The molecule has 0 spiro atoms. The summed E-state index contributed by atoms with van der Waals surface area (Å²) >= 11 is 0. The van der Waals surface area contributed by atoms with Gasteiger partial charge in [0.05, 0.1) is 6.21 Å². The van der Waals surface area contributed by atoms with Crippen LogP contribution in [0.5, 0.6) is 0 Å². The maximum absolute atomic E-state index is 4.95. The lowest BCUT2D eigenvalue weighted by molar-refractivity contribution is 0.0855. The Labute approximate surface area is 129 Å². The predicted molar refractivity (Wildman–Crippen MR) is 89.6 cm³/mol. The second kappa shape index (κ2) is 7.63. The minimum Gasteiger partial charge on any atom is -0.291 e. The zero-order valence-electron chi connectivity index (χ0n) is 13.1. The minimum atomic E-state index is 0.682. The molecule has 0 amide bonds. The van der Waals surface area contributed by atoms with Gasteiger partial charge in [0.2, 0.25) is 0 Å². The van der Waals surface area contributed by atoms with Crippen molar-refractivity contribution in [1.29, 1.82) is 0 Å². The van der Waals surface area contributed by atoms with Crippen molar-refractivity contribution in [3.05, 3.63) is 35.9 Å². The Balaban J connectivity index is 1.72. The van der Waals surface area contributed by atoms with Crippen LogP contribution in [0.15, 0.2) is 35.4 Å². The van der Waals surface area contributed by atoms with E-state index in [1.165, 1.54) is 69.8 Å². The van der Waals surface area contributed by atoms with Crippen molar-refractivity contribution in [3.63, 3.8) is 0 Å². The molecule has 0 aromatic heterocycles. The van der Waals surface area contributed by atoms with Gasteiger partial charge in [-0.15, -0.1) is 0 Å². The van der Waals surface area contributed by atoms with Gasteiger partial charge in [0.1, 0.15) is 0 Å². The van der Waals surface area contributed by atoms with Crippen LogP contribution in [0.1, 0.15) is 69.8 Å². The summed E-state index contributed by atoms with van der Waals surface area (Å²) in [5.74, 6) is 0. The van der Waals surface area contributed by atoms with Crippen LogP contribution < -0.4 is 0 Å². The number of hydrogen-bond acceptors (Lipinski definition) is 2. The topological polar surface area (TPSA) is 15.6 Å². The van der Waals surface area contributed by atoms with Crippen molar-refractivity contribution >= 4 is 6.21 Å². The highest BCUT2D eigenvalue weighted by Gasteiger charge is 2.27. The van der Waals surface area contributed by atoms with Crippen molar-refractivity contribution in [1.82, 2.24) is 5.01 Å². The molecule has 3 rings (SSSR count). The highest BCUT2D eigenvalue weighted by atomic mass is 15.5. The second-order valence-electron chi connectivity index (χ2n) is 6.62. The first-order valence-corrected chi connectivity index (χ1v) is 8.81. The van der Waals surface area contributed by atoms with Gasteiger partial charge < -0.3 is 0 Å². The first-order chi connectivity index (χ1) is 10.4. The summed E-state index contributed by atoms with van der Waals surface area (Å²) < 4.78 is 0. The monoisotopic (exact) mass is 284 g/mol. The lowest BCUT2D eigenvalue weighted by atomic mass is 9.90. The van der Waals surface area contributed by atoms with Gasteiger partial charge >= 0.3 is 0 Å². The normalized spacial score (nSPS) is 21.7. The molecule has 0 unspecified atom stereocenters. The number of hydrazone groups is 1. The Morgan fingerprint density at radius 3 is 1.81 bits per heavy atom. The molecule has 21 heavy (non-hydrogen) atoms. The molecule has 0 atom stereocenters.